The average molecular weight is 341 g/mol. The molecule has 1 aromatic rings. The third kappa shape index (κ3) is 6.31. The van der Waals surface area contributed by atoms with Crippen LogP contribution in [0.4, 0.5) is 4.79 Å². The zero-order valence-electron chi connectivity index (χ0n) is 14.0. The number of nitrogens with zero attached hydrogens (tertiary/aromatic N) is 3. The number of piperidine rings is 1. The maximum absolute atomic E-state index is 12.1. The lowest BCUT2D eigenvalue weighted by molar-refractivity contribution is 0.0166. The first kappa shape index (κ1) is 17.9. The Hall–Kier alpha value is -1.40. The molecule has 0 spiro atoms. The van der Waals surface area contributed by atoms with Crippen molar-refractivity contribution in [2.45, 2.75) is 45.8 Å². The second-order valence-electron chi connectivity index (χ2n) is 6.91. The van der Waals surface area contributed by atoms with Crippen LogP contribution in [0.25, 0.3) is 0 Å². The summed E-state index contributed by atoms with van der Waals surface area (Å²) in [5.41, 5.74) is 0.407. The minimum Gasteiger partial charge on any atom is -0.444 e. The molecule has 6 nitrogen and oxygen atoms in total. The highest BCUT2D eigenvalue weighted by molar-refractivity contribution is 6.29. The zero-order chi connectivity index (χ0) is 16.9. The van der Waals surface area contributed by atoms with Gasteiger partial charge in [0.1, 0.15) is 5.60 Å². The Bertz CT molecular complexity index is 516. The van der Waals surface area contributed by atoms with E-state index >= 15 is 0 Å². The van der Waals surface area contributed by atoms with Crippen LogP contribution in [0.3, 0.4) is 0 Å². The molecule has 0 aliphatic carbocycles. The quantitative estimate of drug-likeness (QED) is 0.912. The molecule has 0 aromatic carbocycles. The molecule has 1 saturated heterocycles. The van der Waals surface area contributed by atoms with E-state index in [0.29, 0.717) is 17.6 Å². The van der Waals surface area contributed by atoms with Gasteiger partial charge in [-0.1, -0.05) is 11.6 Å². The van der Waals surface area contributed by atoms with E-state index < -0.39 is 5.60 Å². The number of rotatable bonds is 4. The lowest BCUT2D eigenvalue weighted by Crippen LogP contribution is -2.45. The van der Waals surface area contributed by atoms with E-state index in [1.165, 1.54) is 0 Å². The molecular formula is C16H25ClN4O2. The van der Waals surface area contributed by atoms with E-state index in [4.69, 9.17) is 16.3 Å². The molecule has 0 bridgehead atoms. The average Bonchev–Trinajstić information content (AvgIpc) is 2.48. The van der Waals surface area contributed by atoms with Crippen molar-refractivity contribution >= 4 is 17.7 Å². The van der Waals surface area contributed by atoms with E-state index in [9.17, 15) is 4.79 Å². The summed E-state index contributed by atoms with van der Waals surface area (Å²) >= 11 is 5.72. The molecule has 1 aromatic heterocycles. The van der Waals surface area contributed by atoms with Gasteiger partial charge in [-0.25, -0.2) is 4.79 Å². The van der Waals surface area contributed by atoms with E-state index in [-0.39, 0.29) is 6.09 Å². The third-order valence-electron chi connectivity index (χ3n) is 3.60. The summed E-state index contributed by atoms with van der Waals surface area (Å²) in [5.74, 6) is 0.427. The maximum atomic E-state index is 12.1. The highest BCUT2D eigenvalue weighted by Crippen LogP contribution is 2.19. The smallest absolute Gasteiger partial charge is 0.410 e. The summed E-state index contributed by atoms with van der Waals surface area (Å²) in [4.78, 5) is 13.9. The summed E-state index contributed by atoms with van der Waals surface area (Å²) in [7, 11) is 0. The molecule has 0 radical (unpaired) electrons. The summed E-state index contributed by atoms with van der Waals surface area (Å²) in [6.45, 7) is 8.65. The fourth-order valence-corrected chi connectivity index (χ4v) is 2.67. The van der Waals surface area contributed by atoms with Crippen LogP contribution in [-0.2, 0) is 11.3 Å². The molecule has 1 aliphatic heterocycles. The fourth-order valence-electron chi connectivity index (χ4n) is 2.57. The Kier molecular flexibility index (Phi) is 6.18. The van der Waals surface area contributed by atoms with Crippen LogP contribution < -0.4 is 5.32 Å². The molecule has 1 atom stereocenters. The molecule has 1 fully saturated rings. The van der Waals surface area contributed by atoms with Crippen LogP contribution >= 0.6 is 11.6 Å². The van der Waals surface area contributed by atoms with Gasteiger partial charge in [0.05, 0.1) is 5.69 Å². The van der Waals surface area contributed by atoms with Gasteiger partial charge in [0.25, 0.3) is 0 Å². The van der Waals surface area contributed by atoms with Gasteiger partial charge in [-0.05, 0) is 51.7 Å². The fraction of sp³-hybridized carbons (Fsp3) is 0.688. The summed E-state index contributed by atoms with van der Waals surface area (Å²) in [6.07, 6.45) is 1.90. The Morgan fingerprint density at radius 1 is 1.43 bits per heavy atom. The largest absolute Gasteiger partial charge is 0.444 e. The van der Waals surface area contributed by atoms with Crippen molar-refractivity contribution in [3.8, 4) is 0 Å². The van der Waals surface area contributed by atoms with Crippen LogP contribution in [0.5, 0.6) is 0 Å². The standard InChI is InChI=1S/C16H25ClN4O2/c1-16(2,3)23-15(22)21-8-4-5-12(11-21)9-18-10-13-6-7-14(17)20-19-13/h6-7,12,18H,4-5,8-11H2,1-3H3/t12-/m0/s1. The van der Waals surface area contributed by atoms with Gasteiger partial charge in [-0.15, -0.1) is 5.10 Å². The number of nitrogens with one attached hydrogen (secondary N) is 1. The van der Waals surface area contributed by atoms with E-state index in [1.54, 1.807) is 6.07 Å². The van der Waals surface area contributed by atoms with Crippen LogP contribution in [0, 0.1) is 5.92 Å². The molecular weight excluding hydrogens is 316 g/mol. The number of likely N-dealkylation sites (tertiary alicyclic amines) is 1. The SMILES string of the molecule is CC(C)(C)OC(=O)N1CCC[C@@H](CNCc2ccc(Cl)nn2)C1. The first-order chi connectivity index (χ1) is 10.8. The monoisotopic (exact) mass is 340 g/mol. The predicted octanol–water partition coefficient (Wildman–Crippen LogP) is 2.87. The highest BCUT2D eigenvalue weighted by Gasteiger charge is 2.27. The minimum atomic E-state index is -0.449. The van der Waals surface area contributed by atoms with Crippen molar-refractivity contribution in [1.29, 1.82) is 0 Å². The van der Waals surface area contributed by atoms with Crippen molar-refractivity contribution < 1.29 is 9.53 Å². The van der Waals surface area contributed by atoms with E-state index in [1.807, 2.05) is 31.7 Å². The summed E-state index contributed by atoms with van der Waals surface area (Å²) < 4.78 is 5.45. The number of carbonyl (C=O) groups is 1. The predicted molar refractivity (Wildman–Crippen MR) is 89.3 cm³/mol. The highest BCUT2D eigenvalue weighted by atomic mass is 35.5. The van der Waals surface area contributed by atoms with Gasteiger partial charge in [0.15, 0.2) is 5.15 Å². The first-order valence-electron chi connectivity index (χ1n) is 8.00. The number of hydrogen-bond donors (Lipinski definition) is 1. The van der Waals surface area contributed by atoms with E-state index in [0.717, 1.165) is 38.2 Å². The molecule has 1 amide bonds. The Morgan fingerprint density at radius 2 is 2.22 bits per heavy atom. The van der Waals surface area contributed by atoms with Gasteiger partial charge in [0.2, 0.25) is 0 Å². The Morgan fingerprint density at radius 3 is 2.87 bits per heavy atom. The second kappa shape index (κ2) is 7.93. The molecule has 128 valence electrons. The number of hydrogen-bond acceptors (Lipinski definition) is 5. The Labute approximate surface area is 142 Å². The molecule has 7 heteroatoms. The first-order valence-corrected chi connectivity index (χ1v) is 8.38. The number of amides is 1. The lowest BCUT2D eigenvalue weighted by Gasteiger charge is -2.34. The number of halogens is 1. The van der Waals surface area contributed by atoms with Gasteiger partial charge >= 0.3 is 6.09 Å². The van der Waals surface area contributed by atoms with Gasteiger partial charge in [0, 0.05) is 26.2 Å². The van der Waals surface area contributed by atoms with E-state index in [2.05, 4.69) is 15.5 Å². The molecule has 0 saturated carbocycles. The van der Waals surface area contributed by atoms with Crippen LogP contribution in [-0.4, -0.2) is 46.4 Å². The van der Waals surface area contributed by atoms with Gasteiger partial charge in [-0.3, -0.25) is 0 Å². The molecule has 2 rings (SSSR count). The van der Waals surface area contributed by atoms with Crippen LogP contribution in [0.2, 0.25) is 5.15 Å². The molecule has 1 aliphatic rings. The number of carbonyl (C=O) groups excluding carboxylic acids is 1. The maximum Gasteiger partial charge on any atom is 0.410 e. The van der Waals surface area contributed by atoms with Crippen molar-refractivity contribution in [2.75, 3.05) is 19.6 Å². The van der Waals surface area contributed by atoms with Gasteiger partial charge < -0.3 is 15.0 Å². The van der Waals surface area contributed by atoms with Crippen LogP contribution in [0.1, 0.15) is 39.3 Å². The Balaban J connectivity index is 1.75. The minimum absolute atomic E-state index is 0.217. The summed E-state index contributed by atoms with van der Waals surface area (Å²) in [6, 6.07) is 3.59. The zero-order valence-corrected chi connectivity index (χ0v) is 14.8. The summed E-state index contributed by atoms with van der Waals surface area (Å²) in [5, 5.41) is 11.6. The second-order valence-corrected chi connectivity index (χ2v) is 7.30. The topological polar surface area (TPSA) is 67.3 Å². The molecule has 1 N–H and O–H groups in total. The molecule has 2 heterocycles. The normalized spacial score (nSPS) is 18.8. The molecule has 23 heavy (non-hydrogen) atoms. The van der Waals surface area contributed by atoms with Crippen molar-refractivity contribution in [2.24, 2.45) is 5.92 Å². The van der Waals surface area contributed by atoms with Crippen molar-refractivity contribution in [3.63, 3.8) is 0 Å². The van der Waals surface area contributed by atoms with Gasteiger partial charge in [-0.2, -0.15) is 5.10 Å². The number of aromatic nitrogens is 2. The van der Waals surface area contributed by atoms with Crippen molar-refractivity contribution in [1.82, 2.24) is 20.4 Å². The van der Waals surface area contributed by atoms with Crippen molar-refractivity contribution in [3.05, 3.63) is 23.0 Å². The third-order valence-corrected chi connectivity index (χ3v) is 3.80. The molecule has 0 unspecified atom stereocenters. The number of ether oxygens (including phenoxy) is 1. The van der Waals surface area contributed by atoms with Crippen LogP contribution in [0.15, 0.2) is 12.1 Å². The lowest BCUT2D eigenvalue weighted by atomic mass is 9.98.